The van der Waals surface area contributed by atoms with Gasteiger partial charge in [-0.05, 0) is 36.2 Å². The number of nitrogens with one attached hydrogen (secondary N) is 2. The van der Waals surface area contributed by atoms with E-state index in [4.69, 9.17) is 5.26 Å². The van der Waals surface area contributed by atoms with Crippen LogP contribution in [0.1, 0.15) is 5.56 Å². The zero-order chi connectivity index (χ0) is 16.5. The van der Waals surface area contributed by atoms with E-state index >= 15 is 0 Å². The van der Waals surface area contributed by atoms with Crippen molar-refractivity contribution in [2.24, 2.45) is 0 Å². The van der Waals surface area contributed by atoms with E-state index < -0.39 is 0 Å². The summed E-state index contributed by atoms with van der Waals surface area (Å²) in [7, 11) is 0. The molecule has 0 heterocycles. The minimum absolute atomic E-state index is 0.0426. The molecule has 5 heteroatoms. The van der Waals surface area contributed by atoms with Gasteiger partial charge in [0.15, 0.2) is 0 Å². The molecule has 116 valence electrons. The molecule has 23 heavy (non-hydrogen) atoms. The van der Waals surface area contributed by atoms with Crippen molar-refractivity contribution in [2.45, 2.75) is 6.42 Å². The molecule has 0 saturated heterocycles. The smallest absolute Gasteiger partial charge is 0.263 e. The zero-order valence-electron chi connectivity index (χ0n) is 12.4. The van der Waals surface area contributed by atoms with Crippen LogP contribution in [0.2, 0.25) is 0 Å². The summed E-state index contributed by atoms with van der Waals surface area (Å²) >= 11 is 3.35. The lowest BCUT2D eigenvalue weighted by atomic mass is 10.1. The predicted octanol–water partition coefficient (Wildman–Crippen LogP) is 3.63. The number of rotatable bonds is 6. The zero-order valence-corrected chi connectivity index (χ0v) is 14.0. The Hall–Kier alpha value is -2.58. The third kappa shape index (κ3) is 5.61. The maximum absolute atomic E-state index is 12.0. The first-order chi connectivity index (χ1) is 11.2. The lowest BCUT2D eigenvalue weighted by Gasteiger charge is -2.05. The highest BCUT2D eigenvalue weighted by atomic mass is 79.9. The van der Waals surface area contributed by atoms with Crippen molar-refractivity contribution in [3.63, 3.8) is 0 Å². The van der Waals surface area contributed by atoms with Crippen LogP contribution in [-0.2, 0) is 11.2 Å². The fourth-order valence-corrected chi connectivity index (χ4v) is 2.17. The van der Waals surface area contributed by atoms with Crippen LogP contribution in [-0.4, -0.2) is 12.5 Å². The van der Waals surface area contributed by atoms with Gasteiger partial charge in [0.1, 0.15) is 11.6 Å². The van der Waals surface area contributed by atoms with Crippen molar-refractivity contribution >= 4 is 27.5 Å². The summed E-state index contributed by atoms with van der Waals surface area (Å²) < 4.78 is 0.964. The first-order valence-electron chi connectivity index (χ1n) is 7.13. The van der Waals surface area contributed by atoms with Crippen LogP contribution in [0.4, 0.5) is 5.69 Å². The quantitative estimate of drug-likeness (QED) is 0.603. The highest BCUT2D eigenvalue weighted by Gasteiger charge is 2.07. The van der Waals surface area contributed by atoms with Crippen LogP contribution >= 0.6 is 15.9 Å². The van der Waals surface area contributed by atoms with Crippen molar-refractivity contribution < 1.29 is 4.79 Å². The summed E-state index contributed by atoms with van der Waals surface area (Å²) in [5.41, 5.74) is 1.99. The van der Waals surface area contributed by atoms with E-state index in [-0.39, 0.29) is 11.5 Å². The van der Waals surface area contributed by atoms with E-state index in [1.807, 2.05) is 60.7 Å². The molecule has 2 aromatic rings. The number of hydrogen-bond acceptors (Lipinski definition) is 3. The van der Waals surface area contributed by atoms with Gasteiger partial charge in [0.2, 0.25) is 0 Å². The number of nitrogens with zero attached hydrogens (tertiary/aromatic N) is 1. The molecular formula is C18H16BrN3O. The predicted molar refractivity (Wildman–Crippen MR) is 94.6 cm³/mol. The molecule has 2 N–H and O–H groups in total. The van der Waals surface area contributed by atoms with E-state index in [1.54, 1.807) is 0 Å². The number of carbonyl (C=O) groups excluding carboxylic acids is 1. The molecule has 0 saturated carbocycles. The summed E-state index contributed by atoms with van der Waals surface area (Å²) in [6.45, 7) is 0.486. The molecule has 0 spiro atoms. The van der Waals surface area contributed by atoms with E-state index in [0.29, 0.717) is 6.54 Å². The van der Waals surface area contributed by atoms with E-state index in [9.17, 15) is 4.79 Å². The third-order valence-electron chi connectivity index (χ3n) is 3.13. The van der Waals surface area contributed by atoms with Gasteiger partial charge in [-0.2, -0.15) is 5.26 Å². The highest BCUT2D eigenvalue weighted by Crippen LogP contribution is 2.14. The monoisotopic (exact) mass is 369 g/mol. The van der Waals surface area contributed by atoms with Crippen molar-refractivity contribution in [3.8, 4) is 6.07 Å². The molecule has 0 bridgehead atoms. The fourth-order valence-electron chi connectivity index (χ4n) is 1.91. The molecule has 1 amide bonds. The van der Waals surface area contributed by atoms with Gasteiger partial charge in [-0.3, -0.25) is 4.79 Å². The van der Waals surface area contributed by atoms with Gasteiger partial charge in [0.25, 0.3) is 5.91 Å². The molecule has 0 radical (unpaired) electrons. The molecule has 0 fully saturated rings. The lowest BCUT2D eigenvalue weighted by Crippen LogP contribution is -2.27. The molecule has 0 aliphatic heterocycles. The van der Waals surface area contributed by atoms with Crippen LogP contribution in [0.25, 0.3) is 0 Å². The normalized spacial score (nSPS) is 10.7. The second kappa shape index (κ2) is 8.76. The Morgan fingerprint density at radius 1 is 1.13 bits per heavy atom. The Morgan fingerprint density at radius 2 is 1.83 bits per heavy atom. The maximum Gasteiger partial charge on any atom is 0.263 e. The van der Waals surface area contributed by atoms with Gasteiger partial charge in [0, 0.05) is 22.9 Å². The van der Waals surface area contributed by atoms with Crippen molar-refractivity contribution in [1.29, 1.82) is 5.26 Å². The van der Waals surface area contributed by atoms with E-state index in [2.05, 4.69) is 26.6 Å². The Morgan fingerprint density at radius 3 is 2.48 bits per heavy atom. The Bertz CT molecular complexity index is 718. The number of hydrogen-bond donors (Lipinski definition) is 2. The molecule has 0 aliphatic carbocycles. The number of carbonyl (C=O) groups is 1. The summed E-state index contributed by atoms with van der Waals surface area (Å²) in [4.78, 5) is 12.0. The van der Waals surface area contributed by atoms with Crippen molar-refractivity contribution in [2.75, 3.05) is 11.9 Å². The summed E-state index contributed by atoms with van der Waals surface area (Å²) in [5, 5.41) is 14.8. The minimum atomic E-state index is -0.381. The van der Waals surface area contributed by atoms with Crippen molar-refractivity contribution in [3.05, 3.63) is 76.4 Å². The number of benzene rings is 2. The summed E-state index contributed by atoms with van der Waals surface area (Å²) in [5.74, 6) is -0.381. The SMILES string of the molecule is N#C/C(=C/Nc1ccc(Br)cc1)C(=O)NCCc1ccccc1. The van der Waals surface area contributed by atoms with Gasteiger partial charge >= 0.3 is 0 Å². The van der Waals surface area contributed by atoms with Gasteiger partial charge < -0.3 is 10.6 Å². The molecule has 0 aliphatic rings. The second-order valence-corrected chi connectivity index (χ2v) is 5.73. The van der Waals surface area contributed by atoms with E-state index in [0.717, 1.165) is 22.1 Å². The Labute approximate surface area is 144 Å². The number of nitriles is 1. The standard InChI is InChI=1S/C18H16BrN3O/c19-16-6-8-17(9-7-16)22-13-15(12-20)18(23)21-11-10-14-4-2-1-3-5-14/h1-9,13,22H,10-11H2,(H,21,23)/b15-13-. The molecule has 0 aromatic heterocycles. The number of amides is 1. The topological polar surface area (TPSA) is 64.9 Å². The minimum Gasteiger partial charge on any atom is -0.360 e. The van der Waals surface area contributed by atoms with Crippen LogP contribution in [0.15, 0.2) is 70.8 Å². The van der Waals surface area contributed by atoms with Crippen LogP contribution < -0.4 is 10.6 Å². The molecular weight excluding hydrogens is 354 g/mol. The van der Waals surface area contributed by atoms with Gasteiger partial charge in [-0.1, -0.05) is 46.3 Å². The molecule has 0 atom stereocenters. The third-order valence-corrected chi connectivity index (χ3v) is 3.66. The summed E-state index contributed by atoms with van der Waals surface area (Å²) in [6.07, 6.45) is 2.15. The van der Waals surface area contributed by atoms with Gasteiger partial charge in [0.05, 0.1) is 0 Å². The average molecular weight is 370 g/mol. The summed E-state index contributed by atoms with van der Waals surface area (Å²) in [6, 6.07) is 19.2. The van der Waals surface area contributed by atoms with Gasteiger partial charge in [-0.25, -0.2) is 0 Å². The number of halogens is 1. The van der Waals surface area contributed by atoms with Crippen LogP contribution in [0.5, 0.6) is 0 Å². The molecule has 0 unspecified atom stereocenters. The highest BCUT2D eigenvalue weighted by molar-refractivity contribution is 9.10. The Balaban J connectivity index is 1.86. The average Bonchev–Trinajstić information content (AvgIpc) is 2.58. The van der Waals surface area contributed by atoms with Crippen molar-refractivity contribution in [1.82, 2.24) is 5.32 Å². The second-order valence-electron chi connectivity index (χ2n) is 4.81. The first-order valence-corrected chi connectivity index (χ1v) is 7.93. The first kappa shape index (κ1) is 16.8. The van der Waals surface area contributed by atoms with Gasteiger partial charge in [-0.15, -0.1) is 0 Å². The van der Waals surface area contributed by atoms with Crippen LogP contribution in [0, 0.1) is 11.3 Å². The Kier molecular flexibility index (Phi) is 6.40. The maximum atomic E-state index is 12.0. The fraction of sp³-hybridized carbons (Fsp3) is 0.111. The molecule has 2 aromatic carbocycles. The largest absolute Gasteiger partial charge is 0.360 e. The molecule has 4 nitrogen and oxygen atoms in total. The number of anilines is 1. The van der Waals surface area contributed by atoms with E-state index in [1.165, 1.54) is 6.20 Å². The van der Waals surface area contributed by atoms with Crippen LogP contribution in [0.3, 0.4) is 0 Å². The lowest BCUT2D eigenvalue weighted by molar-refractivity contribution is -0.117. The molecule has 2 rings (SSSR count).